The molecule has 0 aromatic carbocycles. The minimum Gasteiger partial charge on any atom is -0.313 e. The molecule has 1 aliphatic carbocycles. The molecule has 94 valence electrons. The van der Waals surface area contributed by atoms with Gasteiger partial charge in [-0.1, -0.05) is 6.92 Å². The van der Waals surface area contributed by atoms with Crippen LogP contribution in [0, 0.1) is 0 Å². The van der Waals surface area contributed by atoms with Crippen molar-refractivity contribution in [2.45, 2.75) is 57.0 Å². The third kappa shape index (κ3) is 2.76. The van der Waals surface area contributed by atoms with E-state index in [0.29, 0.717) is 0 Å². The summed E-state index contributed by atoms with van der Waals surface area (Å²) in [5, 5.41) is 3.23. The first-order valence-electron chi connectivity index (χ1n) is 6.30. The molecule has 0 radical (unpaired) electrons. The van der Waals surface area contributed by atoms with Crippen LogP contribution in [-0.2, 0) is 10.0 Å². The van der Waals surface area contributed by atoms with Crippen LogP contribution in [0.2, 0.25) is 0 Å². The maximum absolute atomic E-state index is 12.0. The fourth-order valence-electron chi connectivity index (χ4n) is 2.67. The van der Waals surface area contributed by atoms with E-state index in [0.717, 1.165) is 45.1 Å². The van der Waals surface area contributed by atoms with E-state index in [1.165, 1.54) is 0 Å². The molecule has 1 saturated heterocycles. The van der Waals surface area contributed by atoms with Gasteiger partial charge in [-0.2, -0.15) is 0 Å². The molecule has 2 aliphatic rings. The van der Waals surface area contributed by atoms with Crippen molar-refractivity contribution in [1.82, 2.24) is 10.0 Å². The van der Waals surface area contributed by atoms with Gasteiger partial charge < -0.3 is 5.32 Å². The fourth-order valence-corrected chi connectivity index (χ4v) is 4.57. The number of nitrogens with one attached hydrogen (secondary N) is 2. The molecule has 0 spiro atoms. The molecule has 2 N–H and O–H groups in total. The van der Waals surface area contributed by atoms with Gasteiger partial charge >= 0.3 is 0 Å². The minimum absolute atomic E-state index is 0.114. The molecule has 5 heteroatoms. The second-order valence-corrected chi connectivity index (χ2v) is 6.93. The molecule has 1 saturated carbocycles. The summed E-state index contributed by atoms with van der Waals surface area (Å²) in [6.07, 6.45) is 6.14. The van der Waals surface area contributed by atoms with Gasteiger partial charge in [-0.15, -0.1) is 0 Å². The van der Waals surface area contributed by atoms with Gasteiger partial charge in [-0.25, -0.2) is 13.1 Å². The molecule has 2 rings (SSSR count). The summed E-state index contributed by atoms with van der Waals surface area (Å²) < 4.78 is 26.9. The Morgan fingerprint density at radius 3 is 2.56 bits per heavy atom. The smallest absolute Gasteiger partial charge is 0.213 e. The Bertz CT molecular complexity index is 324. The SMILES string of the molecule is CCC1(NS(=O)(=O)CC2CCCN2)CCC1. The average Bonchev–Trinajstić information content (AvgIpc) is 2.63. The summed E-state index contributed by atoms with van der Waals surface area (Å²) in [7, 11) is -3.11. The predicted molar refractivity (Wildman–Crippen MR) is 64.8 cm³/mol. The number of sulfonamides is 1. The van der Waals surface area contributed by atoms with Crippen molar-refractivity contribution >= 4 is 10.0 Å². The van der Waals surface area contributed by atoms with Crippen LogP contribution in [-0.4, -0.2) is 32.3 Å². The molecule has 0 aromatic heterocycles. The predicted octanol–water partition coefficient (Wildman–Crippen LogP) is 0.990. The van der Waals surface area contributed by atoms with Gasteiger partial charge in [0, 0.05) is 11.6 Å². The van der Waals surface area contributed by atoms with E-state index in [4.69, 9.17) is 0 Å². The summed E-state index contributed by atoms with van der Waals surface area (Å²) in [5.74, 6) is 0.245. The molecule has 4 nitrogen and oxygen atoms in total. The highest BCUT2D eigenvalue weighted by Gasteiger charge is 2.39. The Labute approximate surface area is 98.2 Å². The highest BCUT2D eigenvalue weighted by atomic mass is 32.2. The quantitative estimate of drug-likeness (QED) is 0.760. The lowest BCUT2D eigenvalue weighted by atomic mass is 9.76. The highest BCUT2D eigenvalue weighted by Crippen LogP contribution is 2.35. The van der Waals surface area contributed by atoms with Crippen molar-refractivity contribution < 1.29 is 8.42 Å². The summed E-state index contributed by atoms with van der Waals surface area (Å²) >= 11 is 0. The van der Waals surface area contributed by atoms with Gasteiger partial charge in [0.15, 0.2) is 0 Å². The third-order valence-electron chi connectivity index (χ3n) is 3.94. The van der Waals surface area contributed by atoms with Gasteiger partial charge in [0.05, 0.1) is 5.75 Å². The van der Waals surface area contributed by atoms with Crippen LogP contribution in [0.1, 0.15) is 45.4 Å². The maximum Gasteiger partial charge on any atom is 0.213 e. The molecule has 1 unspecified atom stereocenters. The summed E-state index contributed by atoms with van der Waals surface area (Å²) in [6.45, 7) is 3.02. The molecule has 2 fully saturated rings. The topological polar surface area (TPSA) is 58.2 Å². The van der Waals surface area contributed by atoms with E-state index >= 15 is 0 Å². The van der Waals surface area contributed by atoms with Crippen molar-refractivity contribution in [2.24, 2.45) is 0 Å². The zero-order chi connectivity index (χ0) is 11.6. The maximum atomic E-state index is 12.0. The van der Waals surface area contributed by atoms with E-state index in [-0.39, 0.29) is 17.3 Å². The van der Waals surface area contributed by atoms with Crippen LogP contribution in [0.5, 0.6) is 0 Å². The van der Waals surface area contributed by atoms with Gasteiger partial charge in [0.1, 0.15) is 0 Å². The Morgan fingerprint density at radius 1 is 1.38 bits per heavy atom. The van der Waals surface area contributed by atoms with Crippen molar-refractivity contribution in [1.29, 1.82) is 0 Å². The van der Waals surface area contributed by atoms with E-state index in [1.807, 2.05) is 0 Å². The second kappa shape index (κ2) is 4.63. The zero-order valence-corrected chi connectivity index (χ0v) is 10.8. The van der Waals surface area contributed by atoms with Gasteiger partial charge in [0.2, 0.25) is 10.0 Å². The van der Waals surface area contributed by atoms with E-state index in [2.05, 4.69) is 17.0 Å². The molecular formula is C11H22N2O2S. The van der Waals surface area contributed by atoms with Gasteiger partial charge in [0.25, 0.3) is 0 Å². The van der Waals surface area contributed by atoms with Crippen molar-refractivity contribution in [3.8, 4) is 0 Å². The standard InChI is InChI=1S/C11H22N2O2S/c1-2-11(6-4-7-11)13-16(14,15)9-10-5-3-8-12-10/h10,12-13H,2-9H2,1H3. The lowest BCUT2D eigenvalue weighted by Gasteiger charge is -2.41. The first-order valence-corrected chi connectivity index (χ1v) is 7.95. The first kappa shape index (κ1) is 12.3. The fraction of sp³-hybridized carbons (Fsp3) is 1.00. The largest absolute Gasteiger partial charge is 0.313 e. The zero-order valence-electron chi connectivity index (χ0n) is 9.96. The molecule has 0 amide bonds. The Balaban J connectivity index is 1.91. The number of rotatable bonds is 5. The van der Waals surface area contributed by atoms with E-state index in [9.17, 15) is 8.42 Å². The molecule has 1 aliphatic heterocycles. The molecular weight excluding hydrogens is 224 g/mol. The monoisotopic (exact) mass is 246 g/mol. The highest BCUT2D eigenvalue weighted by molar-refractivity contribution is 7.89. The average molecular weight is 246 g/mol. The van der Waals surface area contributed by atoms with Crippen LogP contribution in [0.15, 0.2) is 0 Å². The summed E-state index contributed by atoms with van der Waals surface area (Å²) in [4.78, 5) is 0. The molecule has 16 heavy (non-hydrogen) atoms. The summed E-state index contributed by atoms with van der Waals surface area (Å²) in [6, 6.07) is 0.159. The molecule has 0 aromatic rings. The number of hydrogen-bond acceptors (Lipinski definition) is 3. The Hall–Kier alpha value is -0.130. The molecule has 1 heterocycles. The van der Waals surface area contributed by atoms with Crippen molar-refractivity contribution in [3.05, 3.63) is 0 Å². The van der Waals surface area contributed by atoms with Crippen molar-refractivity contribution in [3.63, 3.8) is 0 Å². The van der Waals surface area contributed by atoms with Gasteiger partial charge in [-0.3, -0.25) is 0 Å². The van der Waals surface area contributed by atoms with Crippen molar-refractivity contribution in [2.75, 3.05) is 12.3 Å². The lowest BCUT2D eigenvalue weighted by molar-refractivity contribution is 0.213. The third-order valence-corrected chi connectivity index (χ3v) is 5.53. The van der Waals surface area contributed by atoms with Crippen LogP contribution in [0.25, 0.3) is 0 Å². The van der Waals surface area contributed by atoms with Crippen LogP contribution in [0.4, 0.5) is 0 Å². The minimum atomic E-state index is -3.11. The molecule has 1 atom stereocenters. The number of hydrogen-bond donors (Lipinski definition) is 2. The molecule has 0 bridgehead atoms. The second-order valence-electron chi connectivity index (χ2n) is 5.16. The summed E-state index contributed by atoms with van der Waals surface area (Å²) in [5.41, 5.74) is -0.114. The van der Waals surface area contributed by atoms with Crippen LogP contribution >= 0.6 is 0 Å². The Kier molecular flexibility index (Phi) is 3.56. The van der Waals surface area contributed by atoms with E-state index in [1.54, 1.807) is 0 Å². The normalized spacial score (nSPS) is 28.9. The first-order chi connectivity index (χ1) is 7.55. The van der Waals surface area contributed by atoms with Crippen LogP contribution < -0.4 is 10.0 Å². The van der Waals surface area contributed by atoms with Crippen LogP contribution in [0.3, 0.4) is 0 Å². The van der Waals surface area contributed by atoms with Gasteiger partial charge in [-0.05, 0) is 45.1 Å². The van der Waals surface area contributed by atoms with E-state index < -0.39 is 10.0 Å². The Morgan fingerprint density at radius 2 is 2.12 bits per heavy atom. The lowest BCUT2D eigenvalue weighted by Crippen LogP contribution is -2.54.